The van der Waals surface area contributed by atoms with E-state index >= 15 is 0 Å². The van der Waals surface area contributed by atoms with Gasteiger partial charge >= 0.3 is 0 Å². The molecular weight excluding hydrogens is 1130 g/mol. The van der Waals surface area contributed by atoms with Crippen LogP contribution in [0.1, 0.15) is 66.6 Å². The van der Waals surface area contributed by atoms with Crippen LogP contribution in [0.4, 0.5) is 0 Å². The van der Waals surface area contributed by atoms with Gasteiger partial charge in [-0.05, 0) is 66.6 Å². The van der Waals surface area contributed by atoms with Crippen LogP contribution in [-0.2, 0) is 122 Å². The molecule has 5 heterocycles. The van der Waals surface area contributed by atoms with Crippen LogP contribution in [0.3, 0.4) is 0 Å². The second-order valence-corrected chi connectivity index (χ2v) is 24.0. The quantitative estimate of drug-likeness (QED) is 0.0458. The molecule has 7 aromatic carbocycles. The molecule has 9 unspecified atom stereocenters. The summed E-state index contributed by atoms with van der Waals surface area (Å²) in [5.74, 6) is -1.86. The molecule has 0 amide bonds. The lowest BCUT2D eigenvalue weighted by molar-refractivity contribution is -0.356. The van der Waals surface area contributed by atoms with E-state index in [0.29, 0.717) is 6.61 Å². The molecule has 16 nitrogen and oxygen atoms in total. The van der Waals surface area contributed by atoms with Crippen molar-refractivity contribution in [3.63, 3.8) is 0 Å². The molecule has 470 valence electrons. The number of ether oxygens (including phenoxy) is 16. The van der Waals surface area contributed by atoms with Crippen LogP contribution in [0, 0.1) is 0 Å². The van der Waals surface area contributed by atoms with Crippen molar-refractivity contribution in [1.82, 2.24) is 0 Å². The molecule has 0 aliphatic carbocycles. The molecule has 0 bridgehead atoms. The smallest absolute Gasteiger partial charge is 0.190 e. The molecule has 0 radical (unpaired) electrons. The molecule has 5 fully saturated rings. The van der Waals surface area contributed by atoms with Crippen molar-refractivity contribution < 1.29 is 75.8 Å². The largest absolute Gasteiger partial charge is 0.374 e. The predicted octanol–water partition coefficient (Wildman–Crippen LogP) is 11.6. The third-order valence-electron chi connectivity index (χ3n) is 16.4. The zero-order valence-corrected chi connectivity index (χ0v) is 51.0. The number of hydrogen-bond acceptors (Lipinski definition) is 16. The summed E-state index contributed by atoms with van der Waals surface area (Å²) in [5.41, 5.74) is 6.76. The van der Waals surface area contributed by atoms with Gasteiger partial charge in [-0.1, -0.05) is 212 Å². The third-order valence-corrected chi connectivity index (χ3v) is 16.4. The summed E-state index contributed by atoms with van der Waals surface area (Å²) in [7, 11) is 0. The van der Waals surface area contributed by atoms with Gasteiger partial charge in [-0.15, -0.1) is 0 Å². The van der Waals surface area contributed by atoms with E-state index < -0.39 is 104 Å². The van der Waals surface area contributed by atoms with Gasteiger partial charge in [-0.2, -0.15) is 0 Å². The Labute approximate surface area is 522 Å². The fourth-order valence-corrected chi connectivity index (χ4v) is 12.1. The first-order valence-corrected chi connectivity index (χ1v) is 31.0. The van der Waals surface area contributed by atoms with Crippen molar-refractivity contribution in [3.05, 3.63) is 251 Å². The maximum absolute atomic E-state index is 7.33. The monoisotopic (exact) mass is 1210 g/mol. The van der Waals surface area contributed by atoms with Gasteiger partial charge < -0.3 is 75.8 Å². The average Bonchev–Trinajstić information content (AvgIpc) is 1.70. The molecule has 7 aromatic rings. The summed E-state index contributed by atoms with van der Waals surface area (Å²) in [4.78, 5) is 0. The highest BCUT2D eigenvalue weighted by atomic mass is 16.9. The van der Waals surface area contributed by atoms with E-state index in [1.54, 1.807) is 0 Å². The van der Waals surface area contributed by atoms with E-state index in [0.717, 1.165) is 38.9 Å². The van der Waals surface area contributed by atoms with E-state index in [4.69, 9.17) is 75.8 Å². The molecule has 0 N–H and O–H groups in total. The number of fused-ring (bicyclic) bond motifs is 3. The summed E-state index contributed by atoms with van der Waals surface area (Å²) in [5, 5.41) is 0. The first-order valence-electron chi connectivity index (χ1n) is 31.0. The average molecular weight is 1220 g/mol. The van der Waals surface area contributed by atoms with Gasteiger partial charge in [-0.25, -0.2) is 0 Å². The topological polar surface area (TPSA) is 148 Å². The molecule has 0 aromatic heterocycles. The maximum atomic E-state index is 7.33. The molecule has 0 spiro atoms. The summed E-state index contributed by atoms with van der Waals surface area (Å²) in [6.45, 7) is 9.18. The van der Waals surface area contributed by atoms with Gasteiger partial charge in [0.25, 0.3) is 0 Å². The summed E-state index contributed by atoms with van der Waals surface area (Å²) in [6, 6.07) is 70.2. The second-order valence-electron chi connectivity index (χ2n) is 24.0. The lowest BCUT2D eigenvalue weighted by Gasteiger charge is -2.48. The third kappa shape index (κ3) is 16.9. The first-order chi connectivity index (χ1) is 43.6. The molecule has 0 saturated carbocycles. The Balaban J connectivity index is 0.905. The fourth-order valence-electron chi connectivity index (χ4n) is 12.1. The van der Waals surface area contributed by atoms with Gasteiger partial charge in [0.05, 0.1) is 66.1 Å². The highest BCUT2D eigenvalue weighted by molar-refractivity contribution is 5.19. The van der Waals surface area contributed by atoms with Gasteiger partial charge in [0, 0.05) is 0 Å². The van der Waals surface area contributed by atoms with E-state index in [9.17, 15) is 0 Å². The maximum Gasteiger partial charge on any atom is 0.190 e. The predicted molar refractivity (Wildman–Crippen MR) is 328 cm³/mol. The van der Waals surface area contributed by atoms with E-state index in [1.807, 2.05) is 240 Å². The molecule has 15 atom stereocenters. The highest BCUT2D eigenvalue weighted by Gasteiger charge is 2.61. The molecule has 5 saturated heterocycles. The van der Waals surface area contributed by atoms with Crippen LogP contribution < -0.4 is 0 Å². The van der Waals surface area contributed by atoms with Crippen LogP contribution >= 0.6 is 0 Å². The van der Waals surface area contributed by atoms with Crippen molar-refractivity contribution in [2.45, 2.75) is 178 Å². The van der Waals surface area contributed by atoms with Crippen LogP contribution in [-0.4, -0.2) is 124 Å². The van der Waals surface area contributed by atoms with Crippen LogP contribution in [0.2, 0.25) is 0 Å². The van der Waals surface area contributed by atoms with Gasteiger partial charge in [0.2, 0.25) is 0 Å². The summed E-state index contributed by atoms with van der Waals surface area (Å²) >= 11 is 0. The Hall–Kier alpha value is -6.10. The Morgan fingerprint density at radius 1 is 0.270 bits per heavy atom. The minimum Gasteiger partial charge on any atom is -0.374 e. The molecular formula is C73H82O16. The lowest BCUT2D eigenvalue weighted by atomic mass is 9.96. The molecule has 12 rings (SSSR count). The minimum absolute atomic E-state index is 0.0192. The lowest BCUT2D eigenvalue weighted by Crippen LogP contribution is -2.64. The van der Waals surface area contributed by atoms with Gasteiger partial charge in [-0.3, -0.25) is 0 Å². The molecule has 89 heavy (non-hydrogen) atoms. The first kappa shape index (κ1) is 63.1. The van der Waals surface area contributed by atoms with Crippen LogP contribution in [0.15, 0.2) is 212 Å². The van der Waals surface area contributed by atoms with Crippen molar-refractivity contribution in [2.75, 3.05) is 19.8 Å². The number of rotatable bonds is 28. The zero-order valence-electron chi connectivity index (χ0n) is 51.0. The zero-order chi connectivity index (χ0) is 60.8. The number of benzene rings is 7. The van der Waals surface area contributed by atoms with E-state index in [1.165, 1.54) is 0 Å². The Morgan fingerprint density at radius 3 is 0.944 bits per heavy atom. The minimum atomic E-state index is -1.11. The fraction of sp³-hybridized carbons (Fsp3) is 0.425. The van der Waals surface area contributed by atoms with Gasteiger partial charge in [0.15, 0.2) is 30.4 Å². The normalized spacial score (nSPS) is 29.5. The second kappa shape index (κ2) is 30.3. The highest BCUT2D eigenvalue weighted by Crippen LogP contribution is 2.45. The van der Waals surface area contributed by atoms with Crippen LogP contribution in [0.25, 0.3) is 0 Å². The Kier molecular flexibility index (Phi) is 21.5. The van der Waals surface area contributed by atoms with Crippen molar-refractivity contribution in [2.24, 2.45) is 0 Å². The van der Waals surface area contributed by atoms with Crippen molar-refractivity contribution in [1.29, 1.82) is 0 Å². The summed E-state index contributed by atoms with van der Waals surface area (Å²) in [6.07, 6.45) is -11.8. The van der Waals surface area contributed by atoms with Crippen molar-refractivity contribution in [3.8, 4) is 0 Å². The van der Waals surface area contributed by atoms with Gasteiger partial charge in [0.1, 0.15) is 73.2 Å². The molecule has 5 aliphatic rings. The Morgan fingerprint density at radius 2 is 0.562 bits per heavy atom. The molecule has 16 heteroatoms. The number of hydrogen-bond donors (Lipinski definition) is 0. The molecule has 5 aliphatic heterocycles. The van der Waals surface area contributed by atoms with E-state index in [2.05, 4.69) is 0 Å². The van der Waals surface area contributed by atoms with Crippen LogP contribution in [0.5, 0.6) is 0 Å². The van der Waals surface area contributed by atoms with E-state index in [-0.39, 0.29) is 59.5 Å². The Bertz CT molecular complexity index is 3170. The van der Waals surface area contributed by atoms with Crippen molar-refractivity contribution >= 4 is 0 Å². The SMILES string of the molecule is CC1(C)OC2C3OC(C)(C)O[C@H]3C(CO[C@@H]3OC(CO[C@@H]4OC(COCc5ccccc5)[C@@H](OCc5ccccc5)C(OCc5ccccc5)C4OCc4ccccc4)[C@@H](OCc4ccccc4)C(OCc4ccccc4)C3OCc3ccccc3)O[C@@H]2O1. The standard InChI is InChI=1S/C73H82O16/c1-72(2)86-62-59(85-71-68(65(62)87-72)88-73(3,4)89-71)49-82-70-67(80-46-56-38-24-11-25-39-56)64(78-44-54-34-20-9-21-35-54)61(76-42-52-30-16-7-17-31-52)58(84-70)48-81-69-66(79-45-55-36-22-10-23-37-55)63(77-43-53-32-18-8-19-33-53)60(75-41-51-28-14-6-15-29-51)57(83-69)47-74-40-50-26-12-5-13-27-50/h5-39,57-71H,40-49H2,1-4H3/t57?,58?,59?,60-,61-,62+,63?,64?,65?,66?,67?,68?,69-,70-,71-/m1/s1. The summed E-state index contributed by atoms with van der Waals surface area (Å²) < 4.78 is 111.